The SMILES string of the molecule is CC(C)(C)c1cccc(C(C)(C)C)c1.CC(C)(C)c1cccc(C(C)(C)C)c1.CC(C)(C)c1cccc(C(C)(C)C)c1.OP(O)O. The van der Waals surface area contributed by atoms with Crippen molar-refractivity contribution in [2.45, 2.75) is 157 Å². The van der Waals surface area contributed by atoms with E-state index in [0.717, 1.165) is 0 Å². The molecule has 0 heterocycles. The predicted molar refractivity (Wildman–Crippen MR) is 205 cm³/mol. The summed E-state index contributed by atoms with van der Waals surface area (Å²) in [4.78, 5) is 21.7. The lowest BCUT2D eigenvalue weighted by atomic mass is 9.81. The van der Waals surface area contributed by atoms with Crippen molar-refractivity contribution in [1.82, 2.24) is 0 Å². The summed E-state index contributed by atoms with van der Waals surface area (Å²) >= 11 is 0. The van der Waals surface area contributed by atoms with Gasteiger partial charge in [-0.3, -0.25) is 0 Å². The van der Waals surface area contributed by atoms with Crippen LogP contribution in [-0.2, 0) is 32.5 Å². The van der Waals surface area contributed by atoms with E-state index in [2.05, 4.69) is 197 Å². The van der Waals surface area contributed by atoms with E-state index >= 15 is 0 Å². The normalized spacial score (nSPS) is 12.7. The van der Waals surface area contributed by atoms with Crippen molar-refractivity contribution < 1.29 is 14.7 Å². The van der Waals surface area contributed by atoms with Crippen LogP contribution in [0.1, 0.15) is 158 Å². The fraction of sp³-hybridized carbons (Fsp3) is 0.571. The molecule has 0 aliphatic rings. The topological polar surface area (TPSA) is 60.7 Å². The van der Waals surface area contributed by atoms with Gasteiger partial charge >= 0.3 is 8.60 Å². The highest BCUT2D eigenvalue weighted by Crippen LogP contribution is 2.30. The molecule has 0 saturated heterocycles. The molecule has 0 spiro atoms. The van der Waals surface area contributed by atoms with Crippen LogP contribution >= 0.6 is 8.60 Å². The van der Waals surface area contributed by atoms with Gasteiger partial charge in [0.15, 0.2) is 0 Å². The lowest BCUT2D eigenvalue weighted by molar-refractivity contribution is 0.368. The Balaban J connectivity index is 0.000000623. The Bertz CT molecular complexity index is 1060. The average Bonchev–Trinajstić information content (AvgIpc) is 2.86. The maximum absolute atomic E-state index is 7.23. The molecule has 0 amide bonds. The molecule has 3 aromatic rings. The summed E-state index contributed by atoms with van der Waals surface area (Å²) in [5.74, 6) is 0. The third-order valence-corrected chi connectivity index (χ3v) is 7.78. The van der Waals surface area contributed by atoms with Crippen LogP contribution in [0.5, 0.6) is 0 Å². The first-order valence-corrected chi connectivity index (χ1v) is 17.8. The van der Waals surface area contributed by atoms with Gasteiger partial charge in [-0.05, 0) is 65.9 Å². The van der Waals surface area contributed by atoms with Gasteiger partial charge in [0.2, 0.25) is 0 Å². The molecule has 3 aromatic carbocycles. The standard InChI is InChI=1S/3C14H22.H3O3P/c3*1-13(2,3)11-8-7-9-12(10-11)14(4,5)6;1-4(2)3/h3*7-10H,1-6H3;1-3H. The van der Waals surface area contributed by atoms with Crippen LogP contribution in [-0.4, -0.2) is 14.7 Å². The number of rotatable bonds is 0. The molecule has 0 aromatic heterocycles. The van der Waals surface area contributed by atoms with Crippen molar-refractivity contribution >= 4 is 8.60 Å². The Labute approximate surface area is 285 Å². The molecule has 0 bridgehead atoms. The van der Waals surface area contributed by atoms with Crippen LogP contribution in [0, 0.1) is 0 Å². The van der Waals surface area contributed by atoms with E-state index < -0.39 is 8.60 Å². The van der Waals surface area contributed by atoms with Crippen LogP contribution in [0.2, 0.25) is 0 Å². The predicted octanol–water partition coefficient (Wildman–Crippen LogP) is 12.0. The van der Waals surface area contributed by atoms with Crippen LogP contribution in [0.4, 0.5) is 0 Å². The van der Waals surface area contributed by atoms with E-state index in [9.17, 15) is 0 Å². The zero-order valence-electron chi connectivity index (χ0n) is 32.7. The molecule has 4 heteroatoms. The zero-order valence-corrected chi connectivity index (χ0v) is 33.6. The van der Waals surface area contributed by atoms with Gasteiger partial charge in [-0.25, -0.2) is 0 Å². The molecular weight excluding hydrogens is 583 g/mol. The van der Waals surface area contributed by atoms with Gasteiger partial charge < -0.3 is 14.7 Å². The Morgan fingerprint density at radius 1 is 0.304 bits per heavy atom. The highest BCUT2D eigenvalue weighted by Gasteiger charge is 2.20. The zero-order chi connectivity index (χ0) is 36.5. The largest absolute Gasteiger partial charge is 0.328 e. The molecule has 260 valence electrons. The lowest BCUT2D eigenvalue weighted by Crippen LogP contribution is -2.15. The van der Waals surface area contributed by atoms with Crippen molar-refractivity contribution in [3.63, 3.8) is 0 Å². The minimum absolute atomic E-state index is 0.251. The lowest BCUT2D eigenvalue weighted by Gasteiger charge is -2.24. The van der Waals surface area contributed by atoms with Crippen molar-refractivity contribution in [1.29, 1.82) is 0 Å². The van der Waals surface area contributed by atoms with Gasteiger partial charge in [0.05, 0.1) is 0 Å². The summed E-state index contributed by atoms with van der Waals surface area (Å²) in [5, 5.41) is 0. The van der Waals surface area contributed by atoms with Crippen molar-refractivity contribution in [3.8, 4) is 0 Å². The van der Waals surface area contributed by atoms with E-state index in [0.29, 0.717) is 0 Å². The summed E-state index contributed by atoms with van der Waals surface area (Å²) < 4.78 is 0. The Kier molecular flexibility index (Phi) is 16.1. The van der Waals surface area contributed by atoms with E-state index in [1.54, 1.807) is 0 Å². The minimum atomic E-state index is -2.62. The van der Waals surface area contributed by atoms with Crippen LogP contribution in [0.3, 0.4) is 0 Å². The van der Waals surface area contributed by atoms with Gasteiger partial charge in [0.1, 0.15) is 0 Å². The monoisotopic (exact) mass is 652 g/mol. The fourth-order valence-corrected chi connectivity index (χ4v) is 4.36. The first-order valence-electron chi connectivity index (χ1n) is 16.6. The summed E-state index contributed by atoms with van der Waals surface area (Å²) in [7, 11) is -2.62. The molecule has 3 rings (SSSR count). The molecule has 0 radical (unpaired) electrons. The summed E-state index contributed by atoms with van der Waals surface area (Å²) in [6.45, 7) is 40.7. The molecule has 0 saturated carbocycles. The van der Waals surface area contributed by atoms with Crippen LogP contribution in [0.25, 0.3) is 0 Å². The molecule has 3 nitrogen and oxygen atoms in total. The van der Waals surface area contributed by atoms with Gasteiger partial charge in [0, 0.05) is 0 Å². The molecule has 0 atom stereocenters. The van der Waals surface area contributed by atoms with Crippen molar-refractivity contribution in [2.24, 2.45) is 0 Å². The molecule has 3 N–H and O–H groups in total. The molecule has 0 fully saturated rings. The highest BCUT2D eigenvalue weighted by molar-refractivity contribution is 7.38. The smallest absolute Gasteiger partial charge is 0.324 e. The molecular formula is C42H69O3P. The Morgan fingerprint density at radius 3 is 0.500 bits per heavy atom. The summed E-state index contributed by atoms with van der Waals surface area (Å²) in [6, 6.07) is 26.8. The minimum Gasteiger partial charge on any atom is -0.328 e. The number of hydrogen-bond donors (Lipinski definition) is 3. The summed E-state index contributed by atoms with van der Waals surface area (Å²) in [6.07, 6.45) is 0. The number of hydrogen-bond acceptors (Lipinski definition) is 3. The van der Waals surface area contributed by atoms with Gasteiger partial charge in [-0.15, -0.1) is 0 Å². The Morgan fingerprint density at radius 2 is 0.413 bits per heavy atom. The highest BCUT2D eigenvalue weighted by atomic mass is 31.2. The van der Waals surface area contributed by atoms with E-state index in [-0.39, 0.29) is 32.5 Å². The van der Waals surface area contributed by atoms with Crippen LogP contribution < -0.4 is 0 Å². The Hall–Kier alpha value is -2.03. The maximum Gasteiger partial charge on any atom is 0.324 e. The van der Waals surface area contributed by atoms with E-state index in [1.165, 1.54) is 33.4 Å². The molecule has 0 aliphatic carbocycles. The second-order valence-electron chi connectivity index (χ2n) is 18.5. The third-order valence-electron chi connectivity index (χ3n) is 7.78. The fourth-order valence-electron chi connectivity index (χ4n) is 4.36. The number of benzene rings is 3. The van der Waals surface area contributed by atoms with Crippen molar-refractivity contribution in [3.05, 3.63) is 106 Å². The molecule has 46 heavy (non-hydrogen) atoms. The first-order chi connectivity index (χ1) is 20.4. The second kappa shape index (κ2) is 16.9. The molecule has 0 unspecified atom stereocenters. The maximum atomic E-state index is 7.23. The van der Waals surface area contributed by atoms with Gasteiger partial charge in [0.25, 0.3) is 0 Å². The second-order valence-corrected chi connectivity index (χ2v) is 19.0. The van der Waals surface area contributed by atoms with Gasteiger partial charge in [-0.1, -0.05) is 197 Å². The van der Waals surface area contributed by atoms with Gasteiger partial charge in [-0.2, -0.15) is 0 Å². The van der Waals surface area contributed by atoms with E-state index in [4.69, 9.17) is 14.7 Å². The third kappa shape index (κ3) is 17.2. The molecule has 0 aliphatic heterocycles. The first kappa shape index (κ1) is 44.0. The van der Waals surface area contributed by atoms with Crippen LogP contribution in [0.15, 0.2) is 72.8 Å². The summed E-state index contributed by atoms with van der Waals surface area (Å²) in [5.41, 5.74) is 10.0. The van der Waals surface area contributed by atoms with E-state index in [1.807, 2.05) is 0 Å². The average molecular weight is 653 g/mol. The quantitative estimate of drug-likeness (QED) is 0.212. The van der Waals surface area contributed by atoms with Crippen molar-refractivity contribution in [2.75, 3.05) is 0 Å².